The summed E-state index contributed by atoms with van der Waals surface area (Å²) in [5, 5.41) is 10.9. The second-order valence-electron chi connectivity index (χ2n) is 5.06. The molecule has 0 saturated carbocycles. The molecule has 0 fully saturated rings. The number of nitrogens with zero attached hydrogens (tertiary/aromatic N) is 2. The topological polar surface area (TPSA) is 55.6 Å². The minimum Gasteiger partial charge on any atom is -0.457 e. The number of ether oxygens (including phenoxy) is 1. The van der Waals surface area contributed by atoms with E-state index in [1.807, 2.05) is 49.5 Å². The van der Waals surface area contributed by atoms with E-state index in [4.69, 9.17) is 4.74 Å². The van der Waals surface area contributed by atoms with Crippen LogP contribution in [-0.2, 0) is 6.54 Å². The number of thioether (sulfide) groups is 1. The van der Waals surface area contributed by atoms with Crippen LogP contribution >= 0.6 is 11.8 Å². The average Bonchev–Trinajstić information content (AvgIpc) is 2.49. The quantitative estimate of drug-likeness (QED) is 0.454. The number of hydrogen-bond acceptors (Lipinski definition) is 5. The van der Waals surface area contributed by atoms with Gasteiger partial charge >= 0.3 is 0 Å². The highest BCUT2D eigenvalue weighted by atomic mass is 32.2. The normalized spacial score (nSPS) is 10.7. The van der Waals surface area contributed by atoms with E-state index in [1.54, 1.807) is 23.9 Å². The Labute approximate surface area is 134 Å². The monoisotopic (exact) mass is 318 g/mol. The molecule has 0 aromatic heterocycles. The lowest BCUT2D eigenvalue weighted by molar-refractivity contribution is -0.384. The van der Waals surface area contributed by atoms with Crippen LogP contribution in [0.15, 0.2) is 47.4 Å². The summed E-state index contributed by atoms with van der Waals surface area (Å²) < 4.78 is 5.89. The van der Waals surface area contributed by atoms with Crippen molar-refractivity contribution in [3.8, 4) is 11.5 Å². The third-order valence-corrected chi connectivity index (χ3v) is 3.77. The smallest absolute Gasteiger partial charge is 0.270 e. The van der Waals surface area contributed by atoms with E-state index in [-0.39, 0.29) is 5.69 Å². The molecule has 116 valence electrons. The van der Waals surface area contributed by atoms with Gasteiger partial charge in [0.05, 0.1) is 4.92 Å². The van der Waals surface area contributed by atoms with Gasteiger partial charge in [0.25, 0.3) is 5.69 Å². The van der Waals surface area contributed by atoms with E-state index in [1.165, 1.54) is 6.07 Å². The molecule has 0 unspecified atom stereocenters. The third-order valence-electron chi connectivity index (χ3n) is 3.03. The molecule has 0 spiro atoms. The highest BCUT2D eigenvalue weighted by Gasteiger charge is 2.13. The van der Waals surface area contributed by atoms with Crippen LogP contribution < -0.4 is 4.74 Å². The zero-order valence-corrected chi connectivity index (χ0v) is 13.6. The minimum absolute atomic E-state index is 0.0712. The molecule has 0 amide bonds. The Balaban J connectivity index is 2.29. The summed E-state index contributed by atoms with van der Waals surface area (Å²) >= 11 is 1.66. The van der Waals surface area contributed by atoms with Gasteiger partial charge in [-0.1, -0.05) is 0 Å². The summed E-state index contributed by atoms with van der Waals surface area (Å²) in [5.74, 6) is 1.35. The largest absolute Gasteiger partial charge is 0.457 e. The highest BCUT2D eigenvalue weighted by molar-refractivity contribution is 7.98. The minimum atomic E-state index is -0.393. The van der Waals surface area contributed by atoms with Crippen molar-refractivity contribution in [2.45, 2.75) is 11.4 Å². The van der Waals surface area contributed by atoms with Gasteiger partial charge in [-0.3, -0.25) is 10.1 Å². The molecule has 2 aromatic rings. The van der Waals surface area contributed by atoms with Crippen LogP contribution in [0.5, 0.6) is 11.5 Å². The first-order valence-corrected chi connectivity index (χ1v) is 7.96. The molecule has 0 heterocycles. The second-order valence-corrected chi connectivity index (χ2v) is 5.94. The molecule has 0 aliphatic rings. The molecule has 2 rings (SSSR count). The van der Waals surface area contributed by atoms with Crippen LogP contribution in [0.4, 0.5) is 5.69 Å². The lowest BCUT2D eigenvalue weighted by Crippen LogP contribution is -2.11. The molecule has 0 N–H and O–H groups in total. The fraction of sp³-hybridized carbons (Fsp3) is 0.250. The molecule has 0 aliphatic carbocycles. The Morgan fingerprint density at radius 3 is 2.41 bits per heavy atom. The van der Waals surface area contributed by atoms with Gasteiger partial charge in [-0.05, 0) is 50.7 Å². The Morgan fingerprint density at radius 1 is 1.18 bits per heavy atom. The van der Waals surface area contributed by atoms with Gasteiger partial charge in [0.2, 0.25) is 0 Å². The van der Waals surface area contributed by atoms with Crippen LogP contribution in [-0.4, -0.2) is 30.2 Å². The summed E-state index contributed by atoms with van der Waals surface area (Å²) in [6, 6.07) is 12.4. The highest BCUT2D eigenvalue weighted by Crippen LogP contribution is 2.30. The van der Waals surface area contributed by atoms with Gasteiger partial charge in [0.15, 0.2) is 0 Å². The molecule has 6 heteroatoms. The fourth-order valence-corrected chi connectivity index (χ4v) is 2.42. The van der Waals surface area contributed by atoms with Gasteiger partial charge < -0.3 is 9.64 Å². The lowest BCUT2D eigenvalue weighted by atomic mass is 10.1. The predicted octanol–water partition coefficient (Wildman–Crippen LogP) is 4.17. The Kier molecular flexibility index (Phi) is 5.41. The lowest BCUT2D eigenvalue weighted by Gasteiger charge is -2.15. The van der Waals surface area contributed by atoms with Gasteiger partial charge in [0, 0.05) is 29.1 Å². The van der Waals surface area contributed by atoms with Crippen molar-refractivity contribution in [3.05, 3.63) is 58.1 Å². The van der Waals surface area contributed by atoms with E-state index in [0.29, 0.717) is 18.0 Å². The van der Waals surface area contributed by atoms with Crippen molar-refractivity contribution in [2.24, 2.45) is 0 Å². The molecule has 0 atom stereocenters. The molecular formula is C16H18N2O3S. The van der Waals surface area contributed by atoms with Crippen molar-refractivity contribution >= 4 is 17.4 Å². The zero-order chi connectivity index (χ0) is 16.1. The van der Waals surface area contributed by atoms with Crippen LogP contribution in [0.25, 0.3) is 0 Å². The maximum absolute atomic E-state index is 10.9. The summed E-state index contributed by atoms with van der Waals surface area (Å²) in [5.41, 5.74) is 0.857. The van der Waals surface area contributed by atoms with Crippen LogP contribution in [0, 0.1) is 10.1 Å². The Bertz CT molecular complexity index is 657. The van der Waals surface area contributed by atoms with E-state index in [2.05, 4.69) is 0 Å². The first kappa shape index (κ1) is 16.3. The summed E-state index contributed by atoms with van der Waals surface area (Å²) in [6.45, 7) is 0.569. The Hall–Kier alpha value is -2.05. The van der Waals surface area contributed by atoms with Crippen LogP contribution in [0.1, 0.15) is 5.56 Å². The van der Waals surface area contributed by atoms with Gasteiger partial charge in [-0.15, -0.1) is 11.8 Å². The summed E-state index contributed by atoms with van der Waals surface area (Å²) in [6.07, 6.45) is 2.02. The number of rotatable bonds is 6. The van der Waals surface area contributed by atoms with E-state index < -0.39 is 4.92 Å². The molecule has 2 aromatic carbocycles. The van der Waals surface area contributed by atoms with Gasteiger partial charge in [0.1, 0.15) is 11.5 Å². The van der Waals surface area contributed by atoms with Gasteiger partial charge in [-0.25, -0.2) is 0 Å². The maximum atomic E-state index is 10.9. The number of nitro benzene ring substituents is 1. The molecule has 22 heavy (non-hydrogen) atoms. The fourth-order valence-electron chi connectivity index (χ4n) is 2.01. The average molecular weight is 318 g/mol. The third kappa shape index (κ3) is 4.22. The predicted molar refractivity (Wildman–Crippen MR) is 88.8 cm³/mol. The summed E-state index contributed by atoms with van der Waals surface area (Å²) in [4.78, 5) is 13.6. The molecule has 0 bridgehead atoms. The van der Waals surface area contributed by atoms with Crippen molar-refractivity contribution in [1.82, 2.24) is 4.90 Å². The van der Waals surface area contributed by atoms with Crippen molar-refractivity contribution in [3.63, 3.8) is 0 Å². The second kappa shape index (κ2) is 7.29. The van der Waals surface area contributed by atoms with Crippen molar-refractivity contribution < 1.29 is 9.66 Å². The molecule has 5 nitrogen and oxygen atoms in total. The number of benzene rings is 2. The maximum Gasteiger partial charge on any atom is 0.270 e. The standard InChI is InChI=1S/C16H18N2O3S/c1-17(2)11-12-10-13(18(19)20)4-9-16(12)21-14-5-7-15(22-3)8-6-14/h4-10H,11H2,1-3H3. The molecule has 0 aliphatic heterocycles. The van der Waals surface area contributed by atoms with Crippen molar-refractivity contribution in [1.29, 1.82) is 0 Å². The van der Waals surface area contributed by atoms with E-state index >= 15 is 0 Å². The summed E-state index contributed by atoms with van der Waals surface area (Å²) in [7, 11) is 3.83. The first-order chi connectivity index (χ1) is 10.5. The molecular weight excluding hydrogens is 300 g/mol. The SMILES string of the molecule is CSc1ccc(Oc2ccc([N+](=O)[O-])cc2CN(C)C)cc1. The van der Waals surface area contributed by atoms with Gasteiger partial charge in [-0.2, -0.15) is 0 Å². The van der Waals surface area contributed by atoms with E-state index in [9.17, 15) is 10.1 Å². The number of non-ortho nitro benzene ring substituents is 1. The van der Waals surface area contributed by atoms with Crippen LogP contribution in [0.3, 0.4) is 0 Å². The van der Waals surface area contributed by atoms with E-state index in [0.717, 1.165) is 10.5 Å². The molecule has 0 radical (unpaired) electrons. The zero-order valence-electron chi connectivity index (χ0n) is 12.8. The Morgan fingerprint density at radius 2 is 1.86 bits per heavy atom. The molecule has 0 saturated heterocycles. The number of nitro groups is 1. The first-order valence-electron chi connectivity index (χ1n) is 6.73. The van der Waals surface area contributed by atoms with Crippen molar-refractivity contribution in [2.75, 3.05) is 20.4 Å². The number of hydrogen-bond donors (Lipinski definition) is 0. The van der Waals surface area contributed by atoms with Crippen LogP contribution in [0.2, 0.25) is 0 Å².